The van der Waals surface area contributed by atoms with E-state index in [0.717, 1.165) is 15.6 Å². The van der Waals surface area contributed by atoms with Crippen molar-refractivity contribution >= 4 is 27.0 Å². The summed E-state index contributed by atoms with van der Waals surface area (Å²) in [5.41, 5.74) is 7.23. The lowest BCUT2D eigenvalue weighted by Gasteiger charge is -1.99. The standard InChI is InChI=1S/C10H11BrN2O/c1-6(5-12)10-13-8-4-7(11)2-3-9(8)14-10/h2-4,6H,5,12H2,1H3. The first-order valence-electron chi connectivity index (χ1n) is 4.46. The van der Waals surface area contributed by atoms with Gasteiger partial charge in [0, 0.05) is 16.9 Å². The topological polar surface area (TPSA) is 52.0 Å². The summed E-state index contributed by atoms with van der Waals surface area (Å²) >= 11 is 3.39. The van der Waals surface area contributed by atoms with Crippen molar-refractivity contribution in [1.29, 1.82) is 0 Å². The van der Waals surface area contributed by atoms with Crippen molar-refractivity contribution in [3.8, 4) is 0 Å². The van der Waals surface area contributed by atoms with Gasteiger partial charge >= 0.3 is 0 Å². The third-order valence-electron chi connectivity index (χ3n) is 2.14. The van der Waals surface area contributed by atoms with Crippen LogP contribution in [0.25, 0.3) is 11.1 Å². The van der Waals surface area contributed by atoms with Crippen LogP contribution in [0.2, 0.25) is 0 Å². The molecule has 1 atom stereocenters. The highest BCUT2D eigenvalue weighted by Gasteiger charge is 2.11. The van der Waals surface area contributed by atoms with Crippen LogP contribution in [0.15, 0.2) is 27.1 Å². The largest absolute Gasteiger partial charge is 0.440 e. The zero-order chi connectivity index (χ0) is 10.1. The summed E-state index contributed by atoms with van der Waals surface area (Å²) in [5, 5.41) is 0. The molecule has 0 saturated heterocycles. The maximum absolute atomic E-state index is 5.56. The van der Waals surface area contributed by atoms with E-state index in [9.17, 15) is 0 Å². The minimum absolute atomic E-state index is 0.168. The van der Waals surface area contributed by atoms with Crippen molar-refractivity contribution in [2.45, 2.75) is 12.8 Å². The van der Waals surface area contributed by atoms with Gasteiger partial charge in [-0.2, -0.15) is 0 Å². The van der Waals surface area contributed by atoms with E-state index in [-0.39, 0.29) is 5.92 Å². The van der Waals surface area contributed by atoms with Crippen molar-refractivity contribution in [3.05, 3.63) is 28.6 Å². The lowest BCUT2D eigenvalue weighted by Crippen LogP contribution is -2.08. The van der Waals surface area contributed by atoms with Gasteiger partial charge in [0.15, 0.2) is 11.5 Å². The van der Waals surface area contributed by atoms with E-state index in [1.165, 1.54) is 0 Å². The molecule has 0 aliphatic heterocycles. The Kier molecular flexibility index (Phi) is 2.56. The second-order valence-corrected chi connectivity index (χ2v) is 4.22. The Balaban J connectivity index is 2.51. The Morgan fingerprint density at radius 1 is 1.57 bits per heavy atom. The van der Waals surface area contributed by atoms with Crippen molar-refractivity contribution in [2.24, 2.45) is 5.73 Å². The molecule has 2 aromatic rings. The Hall–Kier alpha value is -0.870. The highest BCUT2D eigenvalue weighted by Crippen LogP contribution is 2.23. The third kappa shape index (κ3) is 1.67. The van der Waals surface area contributed by atoms with Crippen molar-refractivity contribution in [2.75, 3.05) is 6.54 Å². The summed E-state index contributed by atoms with van der Waals surface area (Å²) in [4.78, 5) is 4.37. The molecule has 0 fully saturated rings. The molecule has 74 valence electrons. The monoisotopic (exact) mass is 254 g/mol. The van der Waals surface area contributed by atoms with Crippen LogP contribution in [-0.4, -0.2) is 11.5 Å². The SMILES string of the molecule is CC(CN)c1nc2cc(Br)ccc2o1. The summed E-state index contributed by atoms with van der Waals surface area (Å²) in [6, 6.07) is 5.77. The van der Waals surface area contributed by atoms with Gasteiger partial charge in [-0.3, -0.25) is 0 Å². The number of hydrogen-bond donors (Lipinski definition) is 1. The summed E-state index contributed by atoms with van der Waals surface area (Å²) in [6.07, 6.45) is 0. The normalized spacial score (nSPS) is 13.4. The first kappa shape index (κ1) is 9.68. The number of aromatic nitrogens is 1. The second-order valence-electron chi connectivity index (χ2n) is 3.30. The van der Waals surface area contributed by atoms with E-state index in [0.29, 0.717) is 12.4 Å². The van der Waals surface area contributed by atoms with E-state index >= 15 is 0 Å². The van der Waals surface area contributed by atoms with E-state index in [1.54, 1.807) is 0 Å². The zero-order valence-electron chi connectivity index (χ0n) is 7.83. The quantitative estimate of drug-likeness (QED) is 0.897. The van der Waals surface area contributed by atoms with E-state index in [2.05, 4.69) is 20.9 Å². The molecule has 1 aromatic carbocycles. The number of nitrogens with two attached hydrogens (primary N) is 1. The molecule has 2 rings (SSSR count). The van der Waals surface area contributed by atoms with Gasteiger partial charge in [0.05, 0.1) is 0 Å². The van der Waals surface area contributed by atoms with Crippen molar-refractivity contribution < 1.29 is 4.42 Å². The van der Waals surface area contributed by atoms with Gasteiger partial charge in [-0.25, -0.2) is 4.98 Å². The van der Waals surface area contributed by atoms with Gasteiger partial charge in [0.1, 0.15) is 5.52 Å². The van der Waals surface area contributed by atoms with Crippen LogP contribution >= 0.6 is 15.9 Å². The maximum Gasteiger partial charge on any atom is 0.199 e. The minimum Gasteiger partial charge on any atom is -0.440 e. The van der Waals surface area contributed by atoms with Gasteiger partial charge in [-0.1, -0.05) is 22.9 Å². The fourth-order valence-electron chi connectivity index (χ4n) is 1.23. The number of fused-ring (bicyclic) bond motifs is 1. The minimum atomic E-state index is 0.168. The summed E-state index contributed by atoms with van der Waals surface area (Å²) in [5.74, 6) is 0.877. The van der Waals surface area contributed by atoms with Crippen LogP contribution in [0.5, 0.6) is 0 Å². The first-order chi connectivity index (χ1) is 6.70. The van der Waals surface area contributed by atoms with Crippen LogP contribution < -0.4 is 5.73 Å². The third-order valence-corrected chi connectivity index (χ3v) is 2.63. The molecule has 0 amide bonds. The first-order valence-corrected chi connectivity index (χ1v) is 5.26. The lowest BCUT2D eigenvalue weighted by atomic mass is 10.2. The van der Waals surface area contributed by atoms with Gasteiger partial charge in [-0.15, -0.1) is 0 Å². The Labute approximate surface area is 90.4 Å². The predicted molar refractivity (Wildman–Crippen MR) is 59.2 cm³/mol. The van der Waals surface area contributed by atoms with Gasteiger partial charge in [-0.05, 0) is 18.2 Å². The zero-order valence-corrected chi connectivity index (χ0v) is 9.41. The highest BCUT2D eigenvalue weighted by atomic mass is 79.9. The Bertz CT molecular complexity index is 452. The molecule has 0 aliphatic carbocycles. The van der Waals surface area contributed by atoms with Gasteiger partial charge in [0.2, 0.25) is 0 Å². The van der Waals surface area contributed by atoms with E-state index in [4.69, 9.17) is 10.2 Å². The van der Waals surface area contributed by atoms with E-state index in [1.807, 2.05) is 25.1 Å². The van der Waals surface area contributed by atoms with E-state index < -0.39 is 0 Å². The van der Waals surface area contributed by atoms with Crippen LogP contribution in [0.3, 0.4) is 0 Å². The smallest absolute Gasteiger partial charge is 0.199 e. The summed E-state index contributed by atoms with van der Waals surface area (Å²) < 4.78 is 6.57. The highest BCUT2D eigenvalue weighted by molar-refractivity contribution is 9.10. The molecule has 1 aromatic heterocycles. The molecule has 4 heteroatoms. The molecule has 0 saturated carbocycles. The molecule has 3 nitrogen and oxygen atoms in total. The second kappa shape index (κ2) is 3.71. The molecule has 14 heavy (non-hydrogen) atoms. The number of rotatable bonds is 2. The summed E-state index contributed by atoms with van der Waals surface area (Å²) in [7, 11) is 0. The molecular formula is C10H11BrN2O. The van der Waals surface area contributed by atoms with Gasteiger partial charge < -0.3 is 10.2 Å². The average Bonchev–Trinajstić information content (AvgIpc) is 2.59. The van der Waals surface area contributed by atoms with Crippen LogP contribution in [-0.2, 0) is 0 Å². The number of hydrogen-bond acceptors (Lipinski definition) is 3. The number of oxazole rings is 1. The molecule has 2 N–H and O–H groups in total. The van der Waals surface area contributed by atoms with Crippen LogP contribution in [0.4, 0.5) is 0 Å². The fourth-order valence-corrected chi connectivity index (χ4v) is 1.58. The van der Waals surface area contributed by atoms with Crippen molar-refractivity contribution in [1.82, 2.24) is 4.98 Å². The molecule has 0 radical (unpaired) electrons. The molecule has 0 bridgehead atoms. The maximum atomic E-state index is 5.56. The molecule has 1 unspecified atom stereocenters. The average molecular weight is 255 g/mol. The van der Waals surface area contributed by atoms with Crippen LogP contribution in [0, 0.1) is 0 Å². The number of halogens is 1. The molecule has 0 aliphatic rings. The molecule has 1 heterocycles. The molecular weight excluding hydrogens is 244 g/mol. The Morgan fingerprint density at radius 2 is 2.36 bits per heavy atom. The number of benzene rings is 1. The lowest BCUT2D eigenvalue weighted by molar-refractivity contribution is 0.489. The predicted octanol–water partition coefficient (Wildman–Crippen LogP) is 2.65. The molecule has 0 spiro atoms. The van der Waals surface area contributed by atoms with Crippen molar-refractivity contribution in [3.63, 3.8) is 0 Å². The summed E-state index contributed by atoms with van der Waals surface area (Å²) in [6.45, 7) is 2.55. The van der Waals surface area contributed by atoms with Gasteiger partial charge in [0.25, 0.3) is 0 Å². The fraction of sp³-hybridized carbons (Fsp3) is 0.300. The number of nitrogens with zero attached hydrogens (tertiary/aromatic N) is 1. The van der Waals surface area contributed by atoms with Crippen LogP contribution in [0.1, 0.15) is 18.7 Å². The Morgan fingerprint density at radius 3 is 3.07 bits per heavy atom.